The van der Waals surface area contributed by atoms with Crippen LogP contribution in [0.15, 0.2) is 0 Å². The Hall–Kier alpha value is -0.900. The van der Waals surface area contributed by atoms with Crippen molar-refractivity contribution in [2.45, 2.75) is 91.1 Å². The molecular weight excluding hydrogens is 352 g/mol. The summed E-state index contributed by atoms with van der Waals surface area (Å²) in [7, 11) is 0. The first kappa shape index (κ1) is 20.4. The lowest BCUT2D eigenvalue weighted by molar-refractivity contribution is -0.160. The lowest BCUT2D eigenvalue weighted by Gasteiger charge is -2.60. The predicted octanol–water partition coefficient (Wildman–Crippen LogP) is 4.69. The highest BCUT2D eigenvalue weighted by Gasteiger charge is 2.63. The first-order chi connectivity index (χ1) is 13.2. The molecule has 4 rings (SSSR count). The number of ketones is 1. The second-order valence-electron chi connectivity index (χ2n) is 11.1. The van der Waals surface area contributed by atoms with Gasteiger partial charge in [0, 0.05) is 18.3 Å². The minimum atomic E-state index is -0.729. The fraction of sp³-hybridized carbons (Fsp3) is 0.917. The SMILES string of the molecule is C[C@@H](CCC(=O)O)[C@@H]1CC[C@@H]2[C@H]3CC[C@H]4C[C@@H](O)CC[C@]4(C)[C@@H]3CC(=O)[C@]21C. The quantitative estimate of drug-likeness (QED) is 0.730. The molecule has 0 bridgehead atoms. The van der Waals surface area contributed by atoms with Gasteiger partial charge < -0.3 is 10.2 Å². The first-order valence-corrected chi connectivity index (χ1v) is 11.6. The molecule has 0 aromatic heterocycles. The van der Waals surface area contributed by atoms with Crippen LogP contribution >= 0.6 is 0 Å². The Balaban J connectivity index is 1.57. The van der Waals surface area contributed by atoms with Crippen molar-refractivity contribution in [2.24, 2.45) is 46.3 Å². The van der Waals surface area contributed by atoms with Crippen LogP contribution in [0, 0.1) is 46.3 Å². The van der Waals surface area contributed by atoms with Gasteiger partial charge in [-0.05, 0) is 92.3 Å². The molecule has 0 spiro atoms. The molecular formula is C24H38O4. The highest BCUT2D eigenvalue weighted by molar-refractivity contribution is 5.87. The molecule has 28 heavy (non-hydrogen) atoms. The van der Waals surface area contributed by atoms with Crippen molar-refractivity contribution < 1.29 is 19.8 Å². The standard InChI is InChI=1S/C24H38O4/c1-14(4-9-22(27)28)18-7-8-19-17-6-5-15-12-16(25)10-11-23(15,2)20(17)13-21(26)24(18,19)3/h14-20,25H,4-13H2,1-3H3,(H,27,28)/t14-,15-,16-,17+,18-,19+,20+,23-,24-/m0/s1. The average molecular weight is 391 g/mol. The van der Waals surface area contributed by atoms with E-state index in [9.17, 15) is 14.7 Å². The van der Waals surface area contributed by atoms with Crippen molar-refractivity contribution in [3.8, 4) is 0 Å². The Morgan fingerprint density at radius 2 is 1.89 bits per heavy atom. The molecule has 0 aromatic rings. The molecule has 4 fully saturated rings. The molecule has 0 unspecified atom stereocenters. The maximum absolute atomic E-state index is 13.6. The van der Waals surface area contributed by atoms with Gasteiger partial charge in [-0.3, -0.25) is 9.59 Å². The molecule has 0 heterocycles. The maximum Gasteiger partial charge on any atom is 0.303 e. The zero-order chi connectivity index (χ0) is 20.3. The smallest absolute Gasteiger partial charge is 0.303 e. The molecule has 0 aliphatic heterocycles. The lowest BCUT2D eigenvalue weighted by Crippen LogP contribution is -2.57. The summed E-state index contributed by atoms with van der Waals surface area (Å²) in [6, 6.07) is 0. The van der Waals surface area contributed by atoms with Crippen LogP contribution in [0.3, 0.4) is 0 Å². The number of Topliss-reactive ketones (excluding diaryl/α,β-unsaturated/α-hetero) is 1. The normalized spacial score (nSPS) is 49.1. The summed E-state index contributed by atoms with van der Waals surface area (Å²) in [5, 5.41) is 19.3. The van der Waals surface area contributed by atoms with Gasteiger partial charge in [0.1, 0.15) is 5.78 Å². The largest absolute Gasteiger partial charge is 0.481 e. The van der Waals surface area contributed by atoms with Crippen LogP contribution < -0.4 is 0 Å². The van der Waals surface area contributed by atoms with E-state index in [-0.39, 0.29) is 23.4 Å². The van der Waals surface area contributed by atoms with Gasteiger partial charge in [0.15, 0.2) is 0 Å². The number of carboxylic acids is 1. The third-order valence-electron chi connectivity index (χ3n) is 10.1. The van der Waals surface area contributed by atoms with Crippen molar-refractivity contribution in [3.63, 3.8) is 0 Å². The van der Waals surface area contributed by atoms with Crippen LogP contribution in [-0.4, -0.2) is 28.1 Å². The van der Waals surface area contributed by atoms with E-state index in [4.69, 9.17) is 5.11 Å². The Labute approximate surface area is 169 Å². The third-order valence-corrected chi connectivity index (χ3v) is 10.1. The third kappa shape index (κ3) is 2.97. The molecule has 2 N–H and O–H groups in total. The number of fused-ring (bicyclic) bond motifs is 5. The van der Waals surface area contributed by atoms with Crippen molar-refractivity contribution in [2.75, 3.05) is 0 Å². The number of carbonyl (C=O) groups is 2. The molecule has 4 aliphatic rings. The Morgan fingerprint density at radius 1 is 1.14 bits per heavy atom. The van der Waals surface area contributed by atoms with E-state index in [1.807, 2.05) is 0 Å². The minimum Gasteiger partial charge on any atom is -0.481 e. The summed E-state index contributed by atoms with van der Waals surface area (Å²) in [5.74, 6) is 2.52. The summed E-state index contributed by atoms with van der Waals surface area (Å²) in [4.78, 5) is 24.7. The molecule has 0 radical (unpaired) electrons. The number of aliphatic carboxylic acids is 1. The summed E-state index contributed by atoms with van der Waals surface area (Å²) in [6.45, 7) is 6.81. The molecule has 4 heteroatoms. The molecule has 9 atom stereocenters. The first-order valence-electron chi connectivity index (χ1n) is 11.6. The van der Waals surface area contributed by atoms with Gasteiger partial charge in [0.25, 0.3) is 0 Å². The van der Waals surface area contributed by atoms with Crippen molar-refractivity contribution in [3.05, 3.63) is 0 Å². The average Bonchev–Trinajstić information content (AvgIpc) is 3.00. The number of aliphatic hydroxyl groups excluding tert-OH is 1. The van der Waals surface area contributed by atoms with E-state index in [1.165, 1.54) is 12.8 Å². The van der Waals surface area contributed by atoms with Crippen molar-refractivity contribution in [1.29, 1.82) is 0 Å². The van der Waals surface area contributed by atoms with Gasteiger partial charge in [-0.1, -0.05) is 20.8 Å². The molecule has 0 amide bonds. The molecule has 4 aliphatic carbocycles. The molecule has 158 valence electrons. The number of aliphatic hydroxyl groups is 1. The second-order valence-corrected chi connectivity index (χ2v) is 11.1. The van der Waals surface area contributed by atoms with Gasteiger partial charge in [-0.25, -0.2) is 0 Å². The predicted molar refractivity (Wildman–Crippen MR) is 108 cm³/mol. The fourth-order valence-electron chi connectivity index (χ4n) is 8.44. The fourth-order valence-corrected chi connectivity index (χ4v) is 8.44. The highest BCUT2D eigenvalue weighted by Crippen LogP contribution is 2.67. The van der Waals surface area contributed by atoms with E-state index in [1.54, 1.807) is 0 Å². The van der Waals surface area contributed by atoms with E-state index < -0.39 is 5.97 Å². The Morgan fingerprint density at radius 3 is 2.61 bits per heavy atom. The summed E-state index contributed by atoms with van der Waals surface area (Å²) >= 11 is 0. The number of hydrogen-bond acceptors (Lipinski definition) is 3. The van der Waals surface area contributed by atoms with E-state index in [0.29, 0.717) is 54.1 Å². The van der Waals surface area contributed by atoms with Crippen LogP contribution in [0.5, 0.6) is 0 Å². The number of hydrogen-bond donors (Lipinski definition) is 2. The van der Waals surface area contributed by atoms with Gasteiger partial charge in [-0.2, -0.15) is 0 Å². The van der Waals surface area contributed by atoms with E-state index in [2.05, 4.69) is 20.8 Å². The number of carbonyl (C=O) groups excluding carboxylic acids is 1. The lowest BCUT2D eigenvalue weighted by atomic mass is 9.44. The van der Waals surface area contributed by atoms with Crippen LogP contribution in [-0.2, 0) is 9.59 Å². The maximum atomic E-state index is 13.6. The van der Waals surface area contributed by atoms with Crippen LogP contribution in [0.1, 0.15) is 85.0 Å². The monoisotopic (exact) mass is 390 g/mol. The topological polar surface area (TPSA) is 74.6 Å². The number of carboxylic acid groups (broad SMARTS) is 1. The van der Waals surface area contributed by atoms with Crippen LogP contribution in [0.4, 0.5) is 0 Å². The minimum absolute atomic E-state index is 0.148. The Kier molecular flexibility index (Phi) is 5.17. The van der Waals surface area contributed by atoms with Gasteiger partial charge in [0.05, 0.1) is 6.10 Å². The van der Waals surface area contributed by atoms with Gasteiger partial charge in [-0.15, -0.1) is 0 Å². The second kappa shape index (κ2) is 7.11. The highest BCUT2D eigenvalue weighted by atomic mass is 16.4. The van der Waals surface area contributed by atoms with Crippen LogP contribution in [0.2, 0.25) is 0 Å². The summed E-state index contributed by atoms with van der Waals surface area (Å²) in [6.07, 6.45) is 8.96. The molecule has 4 saturated carbocycles. The summed E-state index contributed by atoms with van der Waals surface area (Å²) in [5.41, 5.74) is -0.0391. The van der Waals surface area contributed by atoms with E-state index in [0.717, 1.165) is 32.1 Å². The summed E-state index contributed by atoms with van der Waals surface area (Å²) < 4.78 is 0. The Bertz CT molecular complexity index is 645. The van der Waals surface area contributed by atoms with Crippen molar-refractivity contribution >= 4 is 11.8 Å². The molecule has 4 nitrogen and oxygen atoms in total. The molecule has 0 saturated heterocycles. The number of rotatable bonds is 4. The zero-order valence-corrected chi connectivity index (χ0v) is 17.8. The zero-order valence-electron chi connectivity index (χ0n) is 17.8. The van der Waals surface area contributed by atoms with Crippen molar-refractivity contribution in [1.82, 2.24) is 0 Å². The molecule has 0 aromatic carbocycles. The van der Waals surface area contributed by atoms with Gasteiger partial charge >= 0.3 is 5.97 Å². The van der Waals surface area contributed by atoms with Gasteiger partial charge in [0.2, 0.25) is 0 Å². The van der Waals surface area contributed by atoms with Crippen LogP contribution in [0.25, 0.3) is 0 Å². The van der Waals surface area contributed by atoms with E-state index >= 15 is 0 Å².